The fourth-order valence-electron chi connectivity index (χ4n) is 2.85. The number of hydrogen-bond acceptors (Lipinski definition) is 3. The van der Waals surface area contributed by atoms with Crippen LogP contribution in [0.2, 0.25) is 0 Å². The first-order valence-electron chi connectivity index (χ1n) is 8.99. The van der Waals surface area contributed by atoms with Crippen molar-refractivity contribution in [3.8, 4) is 5.75 Å². The van der Waals surface area contributed by atoms with Crippen LogP contribution >= 0.6 is 0 Å². The summed E-state index contributed by atoms with van der Waals surface area (Å²) in [5.41, 5.74) is 1.07. The van der Waals surface area contributed by atoms with Crippen molar-refractivity contribution in [3.63, 3.8) is 0 Å². The molecule has 0 aliphatic heterocycles. The Morgan fingerprint density at radius 1 is 1.11 bits per heavy atom. The van der Waals surface area contributed by atoms with Gasteiger partial charge in [0.1, 0.15) is 6.04 Å². The van der Waals surface area contributed by atoms with Gasteiger partial charge in [-0.05, 0) is 30.5 Å². The van der Waals surface area contributed by atoms with Crippen molar-refractivity contribution in [2.24, 2.45) is 0 Å². The lowest BCUT2D eigenvalue weighted by molar-refractivity contribution is -0.142. The van der Waals surface area contributed by atoms with Gasteiger partial charge in [0.05, 0.1) is 0 Å². The summed E-state index contributed by atoms with van der Waals surface area (Å²) >= 11 is 0. The van der Waals surface area contributed by atoms with Crippen molar-refractivity contribution in [2.45, 2.75) is 25.8 Å². The molecule has 1 N–H and O–H groups in total. The van der Waals surface area contributed by atoms with E-state index in [0.717, 1.165) is 5.56 Å². The van der Waals surface area contributed by atoms with Crippen LogP contribution < -0.4 is 10.1 Å². The Morgan fingerprint density at radius 2 is 1.78 bits per heavy atom. The van der Waals surface area contributed by atoms with Gasteiger partial charge in [-0.2, -0.15) is 0 Å². The largest absolute Gasteiger partial charge is 0.481 e. The number of carbonyl (C=O) groups excluding carboxylic acids is 2. The van der Waals surface area contributed by atoms with Crippen LogP contribution in [0.1, 0.15) is 18.9 Å². The Kier molecular flexibility index (Phi) is 7.79. The molecule has 0 aliphatic carbocycles. The van der Waals surface area contributed by atoms with E-state index in [-0.39, 0.29) is 24.2 Å². The molecule has 0 aromatic heterocycles. The number of benzene rings is 2. The first kappa shape index (κ1) is 20.4. The number of rotatable bonds is 9. The first-order valence-corrected chi connectivity index (χ1v) is 8.99. The molecule has 0 saturated heterocycles. The average Bonchev–Trinajstić information content (AvgIpc) is 2.70. The predicted molar refractivity (Wildman–Crippen MR) is 102 cm³/mol. The van der Waals surface area contributed by atoms with Crippen LogP contribution in [0.5, 0.6) is 5.75 Å². The third-order valence-electron chi connectivity index (χ3n) is 4.30. The van der Waals surface area contributed by atoms with E-state index in [9.17, 15) is 14.0 Å². The Hall–Kier alpha value is -2.89. The minimum Gasteiger partial charge on any atom is -0.481 e. The van der Waals surface area contributed by atoms with E-state index in [1.165, 1.54) is 17.0 Å². The SMILES string of the molecule is CCC(C(=O)NC)N(CCc1ccccc1)C(=O)COc1ccccc1F. The van der Waals surface area contributed by atoms with Gasteiger partial charge in [-0.3, -0.25) is 9.59 Å². The topological polar surface area (TPSA) is 58.6 Å². The van der Waals surface area contributed by atoms with Crippen molar-refractivity contribution >= 4 is 11.8 Å². The zero-order valence-electron chi connectivity index (χ0n) is 15.7. The molecule has 0 heterocycles. The standard InChI is InChI=1S/C21H25FN2O3/c1-3-18(21(26)23-2)24(14-13-16-9-5-4-6-10-16)20(25)15-27-19-12-8-7-11-17(19)22/h4-12,18H,3,13-15H2,1-2H3,(H,23,26). The molecule has 1 unspecified atom stereocenters. The highest BCUT2D eigenvalue weighted by Gasteiger charge is 2.28. The molecular formula is C21H25FN2O3. The second-order valence-corrected chi connectivity index (χ2v) is 6.08. The summed E-state index contributed by atoms with van der Waals surface area (Å²) in [7, 11) is 1.54. The lowest BCUT2D eigenvalue weighted by atomic mass is 10.1. The molecule has 27 heavy (non-hydrogen) atoms. The van der Waals surface area contributed by atoms with E-state index in [0.29, 0.717) is 19.4 Å². The average molecular weight is 372 g/mol. The number of carbonyl (C=O) groups is 2. The predicted octanol–water partition coefficient (Wildman–Crippen LogP) is 2.80. The normalized spacial score (nSPS) is 11.5. The van der Waals surface area contributed by atoms with Crippen LogP contribution in [0.4, 0.5) is 4.39 Å². The number of para-hydroxylation sites is 1. The third kappa shape index (κ3) is 5.81. The monoisotopic (exact) mass is 372 g/mol. The number of halogens is 1. The Balaban J connectivity index is 2.10. The molecule has 5 nitrogen and oxygen atoms in total. The molecule has 144 valence electrons. The number of likely N-dealkylation sites (N-methyl/N-ethyl adjacent to an activating group) is 1. The Morgan fingerprint density at radius 3 is 2.41 bits per heavy atom. The smallest absolute Gasteiger partial charge is 0.261 e. The second kappa shape index (κ2) is 10.3. The maximum atomic E-state index is 13.7. The zero-order chi connectivity index (χ0) is 19.6. The van der Waals surface area contributed by atoms with E-state index in [1.807, 2.05) is 37.3 Å². The van der Waals surface area contributed by atoms with Crippen LogP contribution in [0.3, 0.4) is 0 Å². The van der Waals surface area contributed by atoms with E-state index < -0.39 is 11.9 Å². The summed E-state index contributed by atoms with van der Waals surface area (Å²) in [6.07, 6.45) is 1.08. The molecule has 2 aromatic carbocycles. The number of nitrogens with zero attached hydrogens (tertiary/aromatic N) is 1. The van der Waals surface area contributed by atoms with Gasteiger partial charge in [-0.25, -0.2) is 4.39 Å². The van der Waals surface area contributed by atoms with Gasteiger partial charge in [-0.15, -0.1) is 0 Å². The number of amides is 2. The van der Waals surface area contributed by atoms with Gasteiger partial charge in [0.15, 0.2) is 18.2 Å². The number of ether oxygens (including phenoxy) is 1. The molecule has 2 aromatic rings. The number of hydrogen-bond donors (Lipinski definition) is 1. The van der Waals surface area contributed by atoms with Crippen LogP contribution in [0.15, 0.2) is 54.6 Å². The van der Waals surface area contributed by atoms with E-state index in [1.54, 1.807) is 19.2 Å². The maximum absolute atomic E-state index is 13.7. The van der Waals surface area contributed by atoms with E-state index >= 15 is 0 Å². The molecule has 0 bridgehead atoms. The van der Waals surface area contributed by atoms with Crippen molar-refractivity contribution in [1.82, 2.24) is 10.2 Å². The Bertz CT molecular complexity index is 752. The van der Waals surface area contributed by atoms with E-state index in [4.69, 9.17) is 4.74 Å². The minimum absolute atomic E-state index is 0.0156. The lowest BCUT2D eigenvalue weighted by Gasteiger charge is -2.30. The van der Waals surface area contributed by atoms with E-state index in [2.05, 4.69) is 5.32 Å². The highest BCUT2D eigenvalue weighted by atomic mass is 19.1. The van der Waals surface area contributed by atoms with Crippen molar-refractivity contribution in [2.75, 3.05) is 20.2 Å². The van der Waals surface area contributed by atoms with Gasteiger partial charge in [0.2, 0.25) is 5.91 Å². The fraction of sp³-hybridized carbons (Fsp3) is 0.333. The summed E-state index contributed by atoms with van der Waals surface area (Å²) in [5, 5.41) is 2.60. The van der Waals surface area contributed by atoms with Crippen LogP contribution in [-0.2, 0) is 16.0 Å². The fourth-order valence-corrected chi connectivity index (χ4v) is 2.85. The van der Waals surface area contributed by atoms with Crippen molar-refractivity contribution < 1.29 is 18.7 Å². The van der Waals surface area contributed by atoms with Crippen LogP contribution in [0, 0.1) is 5.82 Å². The molecule has 0 aliphatic rings. The molecule has 0 fully saturated rings. The number of nitrogens with one attached hydrogen (secondary N) is 1. The minimum atomic E-state index is -0.601. The quantitative estimate of drug-likeness (QED) is 0.736. The summed E-state index contributed by atoms with van der Waals surface area (Å²) in [5.74, 6) is -1.10. The molecule has 2 amide bonds. The van der Waals surface area contributed by atoms with Gasteiger partial charge in [0.25, 0.3) is 5.91 Å². The van der Waals surface area contributed by atoms with Crippen LogP contribution in [0.25, 0.3) is 0 Å². The van der Waals surface area contributed by atoms with Crippen molar-refractivity contribution in [3.05, 3.63) is 66.0 Å². The molecule has 0 radical (unpaired) electrons. The summed E-state index contributed by atoms with van der Waals surface area (Å²) in [6.45, 7) is 1.89. The highest BCUT2D eigenvalue weighted by molar-refractivity contribution is 5.88. The summed E-state index contributed by atoms with van der Waals surface area (Å²) < 4.78 is 19.0. The van der Waals surface area contributed by atoms with Crippen molar-refractivity contribution in [1.29, 1.82) is 0 Å². The maximum Gasteiger partial charge on any atom is 0.261 e. The van der Waals surface area contributed by atoms with Crippen LogP contribution in [-0.4, -0.2) is 43.0 Å². The Labute approximate surface area is 159 Å². The first-order chi connectivity index (χ1) is 13.1. The summed E-state index contributed by atoms with van der Waals surface area (Å²) in [4.78, 5) is 26.5. The second-order valence-electron chi connectivity index (χ2n) is 6.08. The molecule has 6 heteroatoms. The summed E-state index contributed by atoms with van der Waals surface area (Å²) in [6, 6.07) is 15.0. The molecular weight excluding hydrogens is 347 g/mol. The lowest BCUT2D eigenvalue weighted by Crippen LogP contribution is -2.50. The highest BCUT2D eigenvalue weighted by Crippen LogP contribution is 2.16. The van der Waals surface area contributed by atoms with Gasteiger partial charge in [0, 0.05) is 13.6 Å². The molecule has 0 spiro atoms. The van der Waals surface area contributed by atoms with Gasteiger partial charge < -0.3 is 15.0 Å². The molecule has 0 saturated carbocycles. The van der Waals surface area contributed by atoms with Gasteiger partial charge >= 0.3 is 0 Å². The van der Waals surface area contributed by atoms with Gasteiger partial charge in [-0.1, -0.05) is 49.4 Å². The molecule has 1 atom stereocenters. The zero-order valence-corrected chi connectivity index (χ0v) is 15.7. The molecule has 2 rings (SSSR count). The third-order valence-corrected chi connectivity index (χ3v) is 4.30.